The van der Waals surface area contributed by atoms with Crippen LogP contribution in [0.4, 0.5) is 5.82 Å². The number of benzene rings is 3. The third-order valence-corrected chi connectivity index (χ3v) is 8.03. The second kappa shape index (κ2) is 12.5. The summed E-state index contributed by atoms with van der Waals surface area (Å²) in [6, 6.07) is 29.1. The number of aromatic amines is 1. The molecule has 0 radical (unpaired) electrons. The van der Waals surface area contributed by atoms with E-state index >= 15 is 0 Å². The van der Waals surface area contributed by atoms with Crippen molar-refractivity contribution in [2.45, 2.75) is 19.0 Å². The van der Waals surface area contributed by atoms with Crippen LogP contribution in [0.5, 0.6) is 0 Å². The average molecular weight is 592 g/mol. The van der Waals surface area contributed by atoms with Crippen LogP contribution in [0.3, 0.4) is 0 Å². The number of carbonyl (C=O) groups excluding carboxylic acids is 3. The fraction of sp³-hybridized carbons (Fsp3) is 0.242. The molecule has 44 heavy (non-hydrogen) atoms. The molecule has 2 aromatic heterocycles. The summed E-state index contributed by atoms with van der Waals surface area (Å²) in [5, 5.41) is 11.7. The molecule has 11 heteroatoms. The minimum atomic E-state index is -0.860. The molecule has 224 valence electrons. The topological polar surface area (TPSA) is 125 Å². The first-order valence-electron chi connectivity index (χ1n) is 14.5. The lowest BCUT2D eigenvalue weighted by Gasteiger charge is -2.40. The van der Waals surface area contributed by atoms with Crippen LogP contribution >= 0.6 is 0 Å². The van der Waals surface area contributed by atoms with E-state index in [4.69, 9.17) is 4.74 Å². The Labute approximate surface area is 254 Å². The van der Waals surface area contributed by atoms with Crippen molar-refractivity contribution in [1.29, 1.82) is 0 Å². The van der Waals surface area contributed by atoms with Gasteiger partial charge in [0.15, 0.2) is 11.5 Å². The molecule has 2 amide bonds. The fourth-order valence-electron chi connectivity index (χ4n) is 5.76. The van der Waals surface area contributed by atoms with Gasteiger partial charge in [0.2, 0.25) is 5.91 Å². The summed E-state index contributed by atoms with van der Waals surface area (Å²) >= 11 is 0. The Kier molecular flexibility index (Phi) is 8.20. The lowest BCUT2D eigenvalue weighted by molar-refractivity contribution is -0.136. The highest BCUT2D eigenvalue weighted by atomic mass is 16.5. The quantitative estimate of drug-likeness (QED) is 0.258. The highest BCUT2D eigenvalue weighted by Gasteiger charge is 2.34. The first kappa shape index (κ1) is 28.8. The zero-order valence-electron chi connectivity index (χ0n) is 24.5. The normalized spacial score (nSPS) is 14.5. The van der Waals surface area contributed by atoms with E-state index in [-0.39, 0.29) is 23.5 Å². The van der Waals surface area contributed by atoms with Gasteiger partial charge in [0.25, 0.3) is 5.91 Å². The Bertz CT molecular complexity index is 1700. The standard InChI is InChI=1S/C33H33N7O4/c1-22(32(42)39-19-17-38(18-20-39)28(23-11-5-3-6-12-23)24-13-7-4-8-14-24)40-29(33(43)44-2)30(36-37-40)35-31(41)27-21-25-15-9-10-16-26(25)34-27/h3-16,21-22,28,34H,17-20H2,1-2H3,(H,35,41)/t22-/m0/s1. The lowest BCUT2D eigenvalue weighted by atomic mass is 9.96. The number of esters is 1. The highest BCUT2D eigenvalue weighted by molar-refractivity contribution is 6.08. The van der Waals surface area contributed by atoms with Gasteiger partial charge in [-0.3, -0.25) is 14.5 Å². The largest absolute Gasteiger partial charge is 0.464 e. The molecule has 5 aromatic rings. The molecular formula is C33H33N7O4. The molecule has 2 N–H and O–H groups in total. The Morgan fingerprint density at radius 3 is 2.09 bits per heavy atom. The average Bonchev–Trinajstić information content (AvgIpc) is 3.70. The molecule has 1 fully saturated rings. The van der Waals surface area contributed by atoms with Gasteiger partial charge < -0.3 is 19.9 Å². The summed E-state index contributed by atoms with van der Waals surface area (Å²) in [4.78, 5) is 46.8. The summed E-state index contributed by atoms with van der Waals surface area (Å²) in [6.07, 6.45) is 0. The predicted molar refractivity (Wildman–Crippen MR) is 165 cm³/mol. The van der Waals surface area contributed by atoms with Gasteiger partial charge in [-0.1, -0.05) is 84.1 Å². The van der Waals surface area contributed by atoms with E-state index in [1.165, 1.54) is 22.9 Å². The number of piperazine rings is 1. The Morgan fingerprint density at radius 1 is 0.864 bits per heavy atom. The smallest absolute Gasteiger partial charge is 0.360 e. The molecule has 0 aliphatic carbocycles. The second-order valence-electron chi connectivity index (χ2n) is 10.7. The lowest BCUT2D eigenvalue weighted by Crippen LogP contribution is -2.51. The van der Waals surface area contributed by atoms with Gasteiger partial charge in [0.1, 0.15) is 11.7 Å². The van der Waals surface area contributed by atoms with E-state index in [2.05, 4.69) is 49.8 Å². The first-order chi connectivity index (χ1) is 21.4. The fourth-order valence-corrected chi connectivity index (χ4v) is 5.76. The maximum atomic E-state index is 13.7. The van der Waals surface area contributed by atoms with Gasteiger partial charge in [-0.25, -0.2) is 9.48 Å². The third-order valence-electron chi connectivity index (χ3n) is 8.03. The highest BCUT2D eigenvalue weighted by Crippen LogP contribution is 2.30. The molecule has 11 nitrogen and oxygen atoms in total. The number of H-pyrrole nitrogens is 1. The van der Waals surface area contributed by atoms with Crippen molar-refractivity contribution >= 4 is 34.5 Å². The van der Waals surface area contributed by atoms with Gasteiger partial charge in [-0.05, 0) is 30.2 Å². The number of para-hydroxylation sites is 1. The maximum absolute atomic E-state index is 13.7. The van der Waals surface area contributed by atoms with Crippen molar-refractivity contribution in [1.82, 2.24) is 29.8 Å². The molecule has 0 unspecified atom stereocenters. The first-order valence-corrected chi connectivity index (χ1v) is 14.5. The summed E-state index contributed by atoms with van der Waals surface area (Å²) < 4.78 is 6.20. The molecule has 0 spiro atoms. The monoisotopic (exact) mass is 591 g/mol. The molecule has 6 rings (SSSR count). The number of nitrogens with one attached hydrogen (secondary N) is 2. The number of hydrogen-bond acceptors (Lipinski definition) is 7. The molecule has 1 aliphatic heterocycles. The molecule has 0 saturated carbocycles. The van der Waals surface area contributed by atoms with Gasteiger partial charge in [-0.2, -0.15) is 0 Å². The van der Waals surface area contributed by atoms with E-state index in [0.29, 0.717) is 31.9 Å². The van der Waals surface area contributed by atoms with Crippen molar-refractivity contribution in [3.63, 3.8) is 0 Å². The number of amides is 2. The molecule has 0 bridgehead atoms. The second-order valence-corrected chi connectivity index (χ2v) is 10.7. The van der Waals surface area contributed by atoms with Gasteiger partial charge >= 0.3 is 5.97 Å². The van der Waals surface area contributed by atoms with E-state index in [9.17, 15) is 14.4 Å². The maximum Gasteiger partial charge on any atom is 0.360 e. The molecule has 1 saturated heterocycles. The van der Waals surface area contributed by atoms with Crippen LogP contribution in [-0.2, 0) is 9.53 Å². The van der Waals surface area contributed by atoms with Crippen LogP contribution in [0.15, 0.2) is 91.0 Å². The van der Waals surface area contributed by atoms with Crippen molar-refractivity contribution < 1.29 is 19.1 Å². The number of aromatic nitrogens is 4. The van der Waals surface area contributed by atoms with E-state index in [1.54, 1.807) is 17.9 Å². The number of nitrogens with zero attached hydrogens (tertiary/aromatic N) is 5. The van der Waals surface area contributed by atoms with E-state index in [0.717, 1.165) is 10.9 Å². The zero-order valence-corrected chi connectivity index (χ0v) is 24.5. The van der Waals surface area contributed by atoms with Crippen molar-refractivity contribution in [2.24, 2.45) is 0 Å². The Hall–Kier alpha value is -5.29. The number of hydrogen-bond donors (Lipinski definition) is 2. The predicted octanol–water partition coefficient (Wildman–Crippen LogP) is 4.29. The summed E-state index contributed by atoms with van der Waals surface area (Å²) in [5.41, 5.74) is 3.37. The van der Waals surface area contributed by atoms with Crippen molar-refractivity contribution in [2.75, 3.05) is 38.6 Å². The van der Waals surface area contributed by atoms with Crippen LogP contribution in [-0.4, -0.2) is 80.9 Å². The number of methoxy groups -OCH3 is 1. The SMILES string of the molecule is COC(=O)c1c(NC(=O)c2cc3ccccc3[nH]2)nnn1[C@@H](C)C(=O)N1CCN(C(c2ccccc2)c2ccccc2)CC1. The molecule has 1 aliphatic rings. The number of fused-ring (bicyclic) bond motifs is 1. The molecule has 3 heterocycles. The van der Waals surface area contributed by atoms with Crippen LogP contribution in [0.2, 0.25) is 0 Å². The summed E-state index contributed by atoms with van der Waals surface area (Å²) in [5.74, 6) is -1.55. The number of carbonyl (C=O) groups is 3. The molecular weight excluding hydrogens is 558 g/mol. The minimum absolute atomic E-state index is 0.0664. The third kappa shape index (κ3) is 5.69. The number of anilines is 1. The van der Waals surface area contributed by atoms with Crippen LogP contribution in [0.25, 0.3) is 10.9 Å². The van der Waals surface area contributed by atoms with Gasteiger partial charge in [0.05, 0.1) is 13.2 Å². The summed E-state index contributed by atoms with van der Waals surface area (Å²) in [7, 11) is 1.23. The van der Waals surface area contributed by atoms with Crippen LogP contribution in [0, 0.1) is 0 Å². The van der Waals surface area contributed by atoms with E-state index in [1.807, 2.05) is 60.7 Å². The van der Waals surface area contributed by atoms with Crippen LogP contribution < -0.4 is 5.32 Å². The summed E-state index contributed by atoms with van der Waals surface area (Å²) in [6.45, 7) is 4.01. The van der Waals surface area contributed by atoms with Gasteiger partial charge in [-0.15, -0.1) is 5.10 Å². The Morgan fingerprint density at radius 2 is 1.48 bits per heavy atom. The molecule has 3 aromatic carbocycles. The van der Waals surface area contributed by atoms with Gasteiger partial charge in [0, 0.05) is 37.1 Å². The number of ether oxygens (including phenoxy) is 1. The zero-order chi connectivity index (χ0) is 30.6. The van der Waals surface area contributed by atoms with Crippen molar-refractivity contribution in [3.8, 4) is 0 Å². The molecule has 1 atom stereocenters. The minimum Gasteiger partial charge on any atom is -0.464 e. The Balaban J connectivity index is 1.17. The number of rotatable bonds is 8. The van der Waals surface area contributed by atoms with Crippen LogP contribution in [0.1, 0.15) is 51.1 Å². The van der Waals surface area contributed by atoms with Crippen molar-refractivity contribution in [3.05, 3.63) is 114 Å². The van der Waals surface area contributed by atoms with E-state index < -0.39 is 17.9 Å².